The molecule has 0 saturated heterocycles. The van der Waals surface area contributed by atoms with E-state index in [0.717, 1.165) is 61.4 Å². The van der Waals surface area contributed by atoms with Crippen molar-refractivity contribution in [3.8, 4) is 5.75 Å². The average molecular weight is 1130 g/mol. The molecule has 0 aromatic heterocycles. The zero-order valence-electron chi connectivity index (χ0n) is 43.3. The third-order valence-electron chi connectivity index (χ3n) is 14.4. The number of fused-ring (bicyclic) bond motifs is 6. The van der Waals surface area contributed by atoms with Gasteiger partial charge in [-0.15, -0.1) is 0 Å². The number of carbonyl (C=O) groups is 1. The van der Waals surface area contributed by atoms with Crippen LogP contribution in [-0.4, -0.2) is 99.2 Å². The normalized spacial score (nSPS) is 17.8. The molecule has 2 heterocycles. The molecule has 5 N–H and O–H groups in total. The first kappa shape index (κ1) is 56.9. The van der Waals surface area contributed by atoms with E-state index in [1.54, 1.807) is 31.2 Å². The summed E-state index contributed by atoms with van der Waals surface area (Å²) >= 11 is 0. The Bertz CT molecular complexity index is 3890. The van der Waals surface area contributed by atoms with Gasteiger partial charge in [0.1, 0.15) is 18.1 Å². The van der Waals surface area contributed by atoms with Crippen molar-refractivity contribution in [2.24, 2.45) is 0 Å². The van der Waals surface area contributed by atoms with Gasteiger partial charge in [-0.3, -0.25) is 23.0 Å². The van der Waals surface area contributed by atoms with Crippen LogP contribution >= 0.6 is 0 Å². The molecular weight excluding hydrogens is 1070 g/mol. The van der Waals surface area contributed by atoms with Crippen LogP contribution in [0.3, 0.4) is 0 Å². The van der Waals surface area contributed by atoms with Crippen molar-refractivity contribution in [3.63, 3.8) is 0 Å². The maximum absolute atomic E-state index is 12.2. The van der Waals surface area contributed by atoms with Gasteiger partial charge < -0.3 is 15.0 Å². The monoisotopic (exact) mass is 1130 g/mol. The molecule has 0 spiro atoms. The van der Waals surface area contributed by atoms with E-state index >= 15 is 0 Å². The van der Waals surface area contributed by atoms with Crippen LogP contribution in [0.15, 0.2) is 154 Å². The van der Waals surface area contributed by atoms with Crippen molar-refractivity contribution < 1.29 is 66.0 Å². The van der Waals surface area contributed by atoms with Gasteiger partial charge in [0, 0.05) is 59.6 Å². The fourth-order valence-corrected chi connectivity index (χ4v) is 12.8. The van der Waals surface area contributed by atoms with E-state index in [1.165, 1.54) is 24.3 Å². The van der Waals surface area contributed by atoms with Crippen molar-refractivity contribution in [1.82, 2.24) is 5.32 Å². The Morgan fingerprint density at radius 1 is 0.727 bits per heavy atom. The topological polar surface area (TPSA) is 262 Å². The lowest BCUT2D eigenvalue weighted by atomic mass is 9.78. The first-order chi connectivity index (χ1) is 35.9. The molecule has 17 nitrogen and oxygen atoms in total. The molecule has 2 aliphatic heterocycles. The van der Waals surface area contributed by atoms with Crippen LogP contribution in [0.4, 0.5) is 11.4 Å². The van der Waals surface area contributed by atoms with Crippen molar-refractivity contribution in [2.75, 3.05) is 36.0 Å². The summed E-state index contributed by atoms with van der Waals surface area (Å²) in [7, 11) is -17.6. The highest BCUT2D eigenvalue weighted by molar-refractivity contribution is 7.86. The Morgan fingerprint density at radius 3 is 1.92 bits per heavy atom. The highest BCUT2D eigenvalue weighted by atomic mass is 32.2. The molecular formula is C56H62N3O14S4+. The number of anilines is 1. The van der Waals surface area contributed by atoms with Gasteiger partial charge in [0.2, 0.25) is 11.6 Å². The molecule has 5 aromatic carbocycles. The first-order valence-electron chi connectivity index (χ1n) is 24.9. The molecule has 77 heavy (non-hydrogen) atoms. The summed E-state index contributed by atoms with van der Waals surface area (Å²) in [5, 5.41) is 5.43. The predicted molar refractivity (Wildman–Crippen MR) is 298 cm³/mol. The fourth-order valence-electron chi connectivity index (χ4n) is 10.8. The summed E-state index contributed by atoms with van der Waals surface area (Å²) in [5.74, 6) is -0.108. The first-order valence-corrected chi connectivity index (χ1v) is 31.0. The quantitative estimate of drug-likeness (QED) is 0.0293. The van der Waals surface area contributed by atoms with E-state index in [0.29, 0.717) is 60.1 Å². The zero-order valence-corrected chi connectivity index (χ0v) is 46.5. The Kier molecular flexibility index (Phi) is 15.9. The molecule has 1 amide bonds. The second-order valence-corrected chi connectivity index (χ2v) is 26.7. The summed E-state index contributed by atoms with van der Waals surface area (Å²) in [4.78, 5) is 13.6. The lowest BCUT2D eigenvalue weighted by Crippen LogP contribution is -2.28. The second-order valence-electron chi connectivity index (χ2n) is 20.7. The van der Waals surface area contributed by atoms with E-state index in [1.807, 2.05) is 97.9 Å². The third-order valence-corrected chi connectivity index (χ3v) is 17.7. The van der Waals surface area contributed by atoms with E-state index in [4.69, 9.17) is 4.74 Å². The number of rotatable bonds is 19. The molecule has 5 aromatic rings. The fraction of sp³-hybridized carbons (Fsp3) is 0.321. The van der Waals surface area contributed by atoms with E-state index in [9.17, 15) is 56.7 Å². The largest absolute Gasteiger partial charge is 0.457 e. The smallest absolute Gasteiger partial charge is 0.294 e. The van der Waals surface area contributed by atoms with Gasteiger partial charge in [-0.25, -0.2) is 0 Å². The van der Waals surface area contributed by atoms with Gasteiger partial charge in [0.05, 0.1) is 26.7 Å². The Balaban J connectivity index is 1.25. The number of hydrogen-bond donors (Lipinski definition) is 5. The van der Waals surface area contributed by atoms with E-state index in [2.05, 4.69) is 11.9 Å². The average Bonchev–Trinajstić information content (AvgIpc) is 3.70. The minimum atomic E-state index is -4.51. The number of carbonyl (C=O) groups excluding carboxylic acids is 1. The molecule has 3 aliphatic rings. The molecule has 0 fully saturated rings. The van der Waals surface area contributed by atoms with Crippen LogP contribution < -0.4 is 15.0 Å². The summed E-state index contributed by atoms with van der Waals surface area (Å²) < 4.78 is 145. The van der Waals surface area contributed by atoms with Gasteiger partial charge in [-0.1, -0.05) is 56.8 Å². The van der Waals surface area contributed by atoms with Crippen molar-refractivity contribution in [2.45, 2.75) is 93.8 Å². The Labute approximate surface area is 450 Å². The van der Waals surface area contributed by atoms with Crippen molar-refractivity contribution in [3.05, 3.63) is 161 Å². The maximum Gasteiger partial charge on any atom is 0.294 e. The summed E-state index contributed by atoms with van der Waals surface area (Å²) in [6.45, 7) is 14.2. The zero-order chi connectivity index (χ0) is 56.0. The maximum atomic E-state index is 12.2. The van der Waals surface area contributed by atoms with Gasteiger partial charge in [0.15, 0.2) is 5.71 Å². The molecule has 0 bridgehead atoms. The predicted octanol–water partition coefficient (Wildman–Crippen LogP) is 9.33. The Morgan fingerprint density at radius 2 is 1.32 bits per heavy atom. The number of hydrogen-bond acceptors (Lipinski definition) is 11. The number of nitrogens with one attached hydrogen (secondary N) is 1. The van der Waals surface area contributed by atoms with Gasteiger partial charge >= 0.3 is 0 Å². The molecule has 0 unspecified atom stereocenters. The molecule has 0 radical (unpaired) electrons. The van der Waals surface area contributed by atoms with Crippen LogP contribution in [0.5, 0.6) is 5.75 Å². The number of ether oxygens (including phenoxy) is 1. The standard InChI is InChI=1S/C56H61N3O14S4/c1-36(2)54(60)57-29-28-37-12-18-42(19-13-37)73-53-38(16-26-49-55(3,4)51-45-22-20-43(76(67,68)69)34-40(45)14-24-47(51)58(49)30-8-32-74(61,62)63)10-7-11-39(53)17-27-50-56(5,6)52-46-23-21-44(77(70,71)72)35-41(46)15-25-48(52)59(50)31-9-33-75(64,65)66/h12-27,34-35H,1,7-11,28-33H2,2-6H3,(H4-,57,60,61,62,63,64,65,66,67,68,69,70,71,72)/p+1. The van der Waals surface area contributed by atoms with Crippen molar-refractivity contribution >= 4 is 85.0 Å². The lowest BCUT2D eigenvalue weighted by Gasteiger charge is -2.27. The molecule has 8 rings (SSSR count). The van der Waals surface area contributed by atoms with Crippen LogP contribution in [0, 0.1) is 0 Å². The highest BCUT2D eigenvalue weighted by Gasteiger charge is 2.46. The molecule has 1 aliphatic carbocycles. The van der Waals surface area contributed by atoms with Gasteiger partial charge in [-0.05, 0) is 157 Å². The molecule has 21 heteroatoms. The number of nitrogens with zero attached hydrogens (tertiary/aromatic N) is 2. The van der Waals surface area contributed by atoms with Crippen LogP contribution in [-0.2, 0) is 62.5 Å². The number of benzene rings is 5. The number of allylic oxidation sites excluding steroid dienone is 7. The number of amides is 1. The molecule has 0 atom stereocenters. The van der Waals surface area contributed by atoms with Gasteiger partial charge in [-0.2, -0.15) is 38.2 Å². The Hall–Kier alpha value is -6.30. The van der Waals surface area contributed by atoms with Crippen LogP contribution in [0.25, 0.3) is 21.5 Å². The minimum absolute atomic E-state index is 0.0781. The van der Waals surface area contributed by atoms with E-state index < -0.39 is 62.8 Å². The van der Waals surface area contributed by atoms with E-state index in [-0.39, 0.29) is 41.6 Å². The molecule has 408 valence electrons. The lowest BCUT2D eigenvalue weighted by molar-refractivity contribution is -0.437. The third kappa shape index (κ3) is 12.5. The minimum Gasteiger partial charge on any atom is -0.457 e. The SMILES string of the molecule is C=C(C)C(=O)NCCc1ccc(OC2=C(C=CC3=[N+](CCCS(=O)(=O)O)c4ccc5cc(S(=O)(=O)O)ccc5c4C3(C)C)CCCC2=CC=C2N(CCCS(=O)(=O)O)c3ccc4cc(S(=O)(=O)O)ccc4c3C2(C)C)cc1. The van der Waals surface area contributed by atoms with Crippen LogP contribution in [0.2, 0.25) is 0 Å². The highest BCUT2D eigenvalue weighted by Crippen LogP contribution is 2.51. The summed E-state index contributed by atoms with van der Waals surface area (Å²) in [6, 6.07) is 23.5. The summed E-state index contributed by atoms with van der Waals surface area (Å²) in [5.41, 5.74) is 6.25. The summed E-state index contributed by atoms with van der Waals surface area (Å²) in [6.07, 6.45) is 10.5. The second kappa shape index (κ2) is 21.5. The van der Waals surface area contributed by atoms with Gasteiger partial charge in [0.25, 0.3) is 40.5 Å². The van der Waals surface area contributed by atoms with Crippen molar-refractivity contribution in [1.29, 1.82) is 0 Å². The van der Waals surface area contributed by atoms with Crippen LogP contribution in [0.1, 0.15) is 83.4 Å². The molecule has 0 saturated carbocycles.